The Morgan fingerprint density at radius 1 is 1.52 bits per heavy atom. The Morgan fingerprint density at radius 3 is 2.81 bits per heavy atom. The molecule has 0 unspecified atom stereocenters. The van der Waals surface area contributed by atoms with Crippen molar-refractivity contribution in [3.8, 4) is 0 Å². The number of nitrogens with one attached hydrogen (secondary N) is 1. The third kappa shape index (κ3) is 5.27. The van der Waals surface area contributed by atoms with Crippen molar-refractivity contribution in [1.29, 1.82) is 0 Å². The van der Waals surface area contributed by atoms with Crippen molar-refractivity contribution in [2.24, 2.45) is 12.0 Å². The van der Waals surface area contributed by atoms with E-state index in [1.165, 1.54) is 0 Å². The monoisotopic (exact) mass is 420 g/mol. The summed E-state index contributed by atoms with van der Waals surface area (Å²) in [5, 5.41) is 10.6. The number of aryl methyl sites for hydroxylation is 2. The molecule has 8 heteroatoms. The van der Waals surface area contributed by atoms with Crippen LogP contribution in [0, 0.1) is 6.92 Å². The van der Waals surface area contributed by atoms with Gasteiger partial charge in [0.1, 0.15) is 0 Å². The van der Waals surface area contributed by atoms with Gasteiger partial charge in [-0.2, -0.15) is 5.10 Å². The van der Waals surface area contributed by atoms with Crippen LogP contribution >= 0.6 is 35.3 Å². The second kappa shape index (κ2) is 8.32. The average Bonchev–Trinajstić information content (AvgIpc) is 2.99. The zero-order valence-electron chi connectivity index (χ0n) is 12.7. The Labute approximate surface area is 146 Å². The maximum absolute atomic E-state index is 4.47. The number of halogens is 1. The number of thiazole rings is 1. The van der Waals surface area contributed by atoms with Crippen LogP contribution in [0.4, 0.5) is 0 Å². The highest BCUT2D eigenvalue weighted by Gasteiger charge is 2.08. The van der Waals surface area contributed by atoms with Crippen LogP contribution in [0.1, 0.15) is 16.3 Å². The number of hydrogen-bond donors (Lipinski definition) is 1. The number of nitrogens with zero attached hydrogens (tertiary/aromatic N) is 5. The first kappa shape index (κ1) is 17.9. The quantitative estimate of drug-likeness (QED) is 0.467. The van der Waals surface area contributed by atoms with Gasteiger partial charge in [-0.15, -0.1) is 35.3 Å². The van der Waals surface area contributed by atoms with Gasteiger partial charge in [-0.05, 0) is 6.92 Å². The van der Waals surface area contributed by atoms with Gasteiger partial charge in [0.2, 0.25) is 0 Å². The van der Waals surface area contributed by atoms with E-state index in [0.717, 1.165) is 28.8 Å². The first-order valence-corrected chi connectivity index (χ1v) is 7.26. The van der Waals surface area contributed by atoms with E-state index in [-0.39, 0.29) is 24.0 Å². The van der Waals surface area contributed by atoms with Gasteiger partial charge in [0.05, 0.1) is 23.4 Å². The predicted octanol–water partition coefficient (Wildman–Crippen LogP) is 2.01. The van der Waals surface area contributed by atoms with Gasteiger partial charge < -0.3 is 10.2 Å². The van der Waals surface area contributed by atoms with Crippen molar-refractivity contribution in [3.63, 3.8) is 0 Å². The van der Waals surface area contributed by atoms with Gasteiger partial charge in [-0.25, -0.2) is 4.98 Å². The van der Waals surface area contributed by atoms with E-state index in [1.807, 2.05) is 33.4 Å². The van der Waals surface area contributed by atoms with Crippen molar-refractivity contribution in [3.05, 3.63) is 34.0 Å². The Morgan fingerprint density at radius 2 is 2.29 bits per heavy atom. The Hall–Kier alpha value is -1.16. The summed E-state index contributed by atoms with van der Waals surface area (Å²) in [6.45, 7) is 3.47. The van der Waals surface area contributed by atoms with E-state index in [1.54, 1.807) is 23.1 Å². The van der Waals surface area contributed by atoms with Crippen LogP contribution in [0.3, 0.4) is 0 Å². The molecule has 0 aliphatic rings. The summed E-state index contributed by atoms with van der Waals surface area (Å²) in [6, 6.07) is 0. The maximum Gasteiger partial charge on any atom is 0.194 e. The smallest absolute Gasteiger partial charge is 0.194 e. The summed E-state index contributed by atoms with van der Waals surface area (Å²) in [6.07, 6.45) is 3.84. The Balaban J connectivity index is 0.00000220. The Bertz CT molecular complexity index is 591. The number of guanidine groups is 1. The fourth-order valence-electron chi connectivity index (χ4n) is 1.93. The molecule has 0 aliphatic carbocycles. The second-order valence-electron chi connectivity index (χ2n) is 4.64. The molecule has 0 atom stereocenters. The molecule has 2 rings (SSSR count). The molecule has 0 aliphatic heterocycles. The van der Waals surface area contributed by atoms with E-state index in [9.17, 15) is 0 Å². The minimum atomic E-state index is 0. The molecule has 0 radical (unpaired) electrons. The lowest BCUT2D eigenvalue weighted by Crippen LogP contribution is -2.38. The van der Waals surface area contributed by atoms with Crippen LogP contribution in [0.15, 0.2) is 22.8 Å². The standard InChI is InChI=1S/C13H20N6S.HI/c1-10-17-12(9-20-10)8-18(3)13(14-2)15-5-11-6-16-19(4)7-11;/h6-7,9H,5,8H2,1-4H3,(H,14,15);1H. The van der Waals surface area contributed by atoms with Crippen LogP contribution in [0.25, 0.3) is 0 Å². The average molecular weight is 420 g/mol. The summed E-state index contributed by atoms with van der Waals surface area (Å²) in [5.41, 5.74) is 2.20. The molecule has 6 nitrogen and oxygen atoms in total. The number of rotatable bonds is 4. The fraction of sp³-hybridized carbons (Fsp3) is 0.462. The molecule has 0 saturated carbocycles. The number of aliphatic imine (C=N–C) groups is 1. The summed E-state index contributed by atoms with van der Waals surface area (Å²) < 4.78 is 1.79. The SMILES string of the molecule is CN=C(NCc1cnn(C)c1)N(C)Cc1csc(C)n1.I. The molecular weight excluding hydrogens is 399 g/mol. The second-order valence-corrected chi connectivity index (χ2v) is 5.70. The van der Waals surface area contributed by atoms with E-state index in [4.69, 9.17) is 0 Å². The topological polar surface area (TPSA) is 58.3 Å². The molecular formula is C13H21IN6S. The molecule has 0 amide bonds. The maximum atomic E-state index is 4.47. The molecule has 0 bridgehead atoms. The number of hydrogen-bond acceptors (Lipinski definition) is 4. The summed E-state index contributed by atoms with van der Waals surface area (Å²) in [7, 11) is 5.71. The summed E-state index contributed by atoms with van der Waals surface area (Å²) >= 11 is 1.67. The van der Waals surface area contributed by atoms with Crippen molar-refractivity contribution < 1.29 is 0 Å². The molecule has 1 N–H and O–H groups in total. The molecule has 2 aromatic rings. The minimum Gasteiger partial charge on any atom is -0.352 e. The van der Waals surface area contributed by atoms with Gasteiger partial charge in [0.15, 0.2) is 5.96 Å². The van der Waals surface area contributed by atoms with Crippen molar-refractivity contribution >= 4 is 41.3 Å². The Kier molecular flexibility index (Phi) is 7.09. The van der Waals surface area contributed by atoms with Gasteiger partial charge in [-0.1, -0.05) is 0 Å². The first-order chi connectivity index (χ1) is 9.58. The van der Waals surface area contributed by atoms with Crippen LogP contribution in [-0.2, 0) is 20.1 Å². The minimum absolute atomic E-state index is 0. The third-order valence-corrected chi connectivity index (χ3v) is 3.67. The molecule has 21 heavy (non-hydrogen) atoms. The molecule has 2 heterocycles. The van der Waals surface area contributed by atoms with Crippen LogP contribution in [-0.4, -0.2) is 39.7 Å². The van der Waals surface area contributed by atoms with Crippen LogP contribution in [0.2, 0.25) is 0 Å². The van der Waals surface area contributed by atoms with Gasteiger partial charge in [-0.3, -0.25) is 9.67 Å². The number of aromatic nitrogens is 3. The van der Waals surface area contributed by atoms with Crippen molar-refractivity contribution in [2.45, 2.75) is 20.0 Å². The van der Waals surface area contributed by atoms with Gasteiger partial charge in [0.25, 0.3) is 0 Å². The van der Waals surface area contributed by atoms with Gasteiger partial charge >= 0.3 is 0 Å². The summed E-state index contributed by atoms with van der Waals surface area (Å²) in [4.78, 5) is 10.8. The molecule has 0 aromatic carbocycles. The molecule has 0 fully saturated rings. The molecule has 0 spiro atoms. The lowest BCUT2D eigenvalue weighted by Gasteiger charge is -2.20. The van der Waals surface area contributed by atoms with E-state index in [2.05, 4.69) is 30.7 Å². The lowest BCUT2D eigenvalue weighted by molar-refractivity contribution is 0.470. The van der Waals surface area contributed by atoms with E-state index < -0.39 is 0 Å². The fourth-order valence-corrected chi connectivity index (χ4v) is 2.53. The van der Waals surface area contributed by atoms with E-state index >= 15 is 0 Å². The zero-order chi connectivity index (χ0) is 14.5. The summed E-state index contributed by atoms with van der Waals surface area (Å²) in [5.74, 6) is 0.847. The predicted molar refractivity (Wildman–Crippen MR) is 97.1 cm³/mol. The zero-order valence-corrected chi connectivity index (χ0v) is 15.8. The molecule has 0 saturated heterocycles. The highest BCUT2D eigenvalue weighted by molar-refractivity contribution is 14.0. The lowest BCUT2D eigenvalue weighted by atomic mass is 10.3. The van der Waals surface area contributed by atoms with Gasteiger partial charge in [0, 0.05) is 44.8 Å². The van der Waals surface area contributed by atoms with Crippen molar-refractivity contribution in [1.82, 2.24) is 25.0 Å². The van der Waals surface area contributed by atoms with Crippen molar-refractivity contribution in [2.75, 3.05) is 14.1 Å². The third-order valence-electron chi connectivity index (χ3n) is 2.85. The molecule has 116 valence electrons. The first-order valence-electron chi connectivity index (χ1n) is 6.39. The van der Waals surface area contributed by atoms with Crippen LogP contribution < -0.4 is 5.32 Å². The highest BCUT2D eigenvalue weighted by Crippen LogP contribution is 2.09. The molecule has 2 aromatic heterocycles. The largest absolute Gasteiger partial charge is 0.352 e. The normalized spacial score (nSPS) is 11.1. The highest BCUT2D eigenvalue weighted by atomic mass is 127. The van der Waals surface area contributed by atoms with Crippen LogP contribution in [0.5, 0.6) is 0 Å². The van der Waals surface area contributed by atoms with E-state index in [0.29, 0.717) is 6.54 Å².